The largest absolute Gasteiger partial charge is 0.382 e. The Morgan fingerprint density at radius 2 is 2.04 bits per heavy atom. The molecule has 3 heterocycles. The molecule has 0 aliphatic rings. The van der Waals surface area contributed by atoms with Crippen molar-refractivity contribution in [3.63, 3.8) is 0 Å². The second-order valence-corrected chi connectivity index (χ2v) is 6.96. The van der Waals surface area contributed by atoms with Crippen LogP contribution in [0.25, 0.3) is 22.3 Å². The number of hydrogen-bond acceptors (Lipinski definition) is 7. The number of aromatic nitrogens is 4. The predicted octanol–water partition coefficient (Wildman–Crippen LogP) is 2.99. The van der Waals surface area contributed by atoms with Crippen LogP contribution in [0.1, 0.15) is 17.5 Å². The molecule has 0 unspecified atom stereocenters. The maximum atomic E-state index is 10.5. The van der Waals surface area contributed by atoms with Gasteiger partial charge in [-0.25, -0.2) is 19.9 Å². The van der Waals surface area contributed by atoms with E-state index in [1.165, 1.54) is 17.7 Å². The van der Waals surface area contributed by atoms with E-state index in [1.807, 2.05) is 41.8 Å². The standard InChI is InChI=1S/C20H15N5OS/c1-20(26,19-22-9-10-27-19)8-7-13-3-2-4-14(11-13)15-5-6-16-17(25-15)18(21)24-12-23-16/h2-6,9-12,26H,1H3,(H2,21,23,24)/t20-/m1/s1. The number of aliphatic hydroxyl groups is 1. The van der Waals surface area contributed by atoms with Crippen LogP contribution >= 0.6 is 11.3 Å². The molecule has 3 aromatic heterocycles. The summed E-state index contributed by atoms with van der Waals surface area (Å²) in [6, 6.07) is 11.4. The van der Waals surface area contributed by atoms with Gasteiger partial charge in [-0.05, 0) is 31.2 Å². The molecule has 0 bridgehead atoms. The van der Waals surface area contributed by atoms with Gasteiger partial charge in [-0.15, -0.1) is 11.3 Å². The predicted molar refractivity (Wildman–Crippen MR) is 106 cm³/mol. The van der Waals surface area contributed by atoms with E-state index in [0.29, 0.717) is 21.9 Å². The first-order chi connectivity index (χ1) is 13.0. The quantitative estimate of drug-likeness (QED) is 0.524. The molecule has 4 rings (SSSR count). The monoisotopic (exact) mass is 373 g/mol. The zero-order chi connectivity index (χ0) is 18.9. The number of nitrogens with two attached hydrogens (primary N) is 1. The fraction of sp³-hybridized carbons (Fsp3) is 0.100. The van der Waals surface area contributed by atoms with Crippen molar-refractivity contribution in [1.29, 1.82) is 0 Å². The molecule has 0 amide bonds. The van der Waals surface area contributed by atoms with Crippen molar-refractivity contribution in [2.75, 3.05) is 5.73 Å². The van der Waals surface area contributed by atoms with Crippen LogP contribution in [0.2, 0.25) is 0 Å². The fourth-order valence-electron chi connectivity index (χ4n) is 2.59. The molecule has 3 N–H and O–H groups in total. The van der Waals surface area contributed by atoms with Crippen molar-refractivity contribution in [3.8, 4) is 23.1 Å². The van der Waals surface area contributed by atoms with Gasteiger partial charge in [0.1, 0.15) is 16.9 Å². The topological polar surface area (TPSA) is 97.8 Å². The maximum Gasteiger partial charge on any atom is 0.174 e. The smallest absolute Gasteiger partial charge is 0.174 e. The zero-order valence-corrected chi connectivity index (χ0v) is 15.2. The first-order valence-corrected chi connectivity index (χ1v) is 9.04. The summed E-state index contributed by atoms with van der Waals surface area (Å²) in [7, 11) is 0. The Labute approximate surface area is 159 Å². The highest BCUT2D eigenvalue weighted by Gasteiger charge is 2.22. The molecule has 7 heteroatoms. The number of benzene rings is 1. The summed E-state index contributed by atoms with van der Waals surface area (Å²) < 4.78 is 0. The number of nitrogens with zero attached hydrogens (tertiary/aromatic N) is 4. The van der Waals surface area contributed by atoms with Crippen LogP contribution < -0.4 is 5.73 Å². The first-order valence-electron chi connectivity index (χ1n) is 8.16. The van der Waals surface area contributed by atoms with Crippen LogP contribution in [0.5, 0.6) is 0 Å². The highest BCUT2D eigenvalue weighted by Crippen LogP contribution is 2.24. The molecule has 1 aromatic carbocycles. The molecule has 4 aromatic rings. The Hall–Kier alpha value is -3.34. The molecule has 0 aliphatic heterocycles. The Balaban J connectivity index is 1.70. The van der Waals surface area contributed by atoms with Gasteiger partial charge in [-0.2, -0.15) is 0 Å². The summed E-state index contributed by atoms with van der Waals surface area (Å²) in [5.74, 6) is 6.25. The van der Waals surface area contributed by atoms with Crippen LogP contribution in [-0.4, -0.2) is 25.0 Å². The Morgan fingerprint density at radius 3 is 2.85 bits per heavy atom. The minimum Gasteiger partial charge on any atom is -0.382 e. The van der Waals surface area contributed by atoms with E-state index in [2.05, 4.69) is 31.8 Å². The molecular formula is C20H15N5OS. The van der Waals surface area contributed by atoms with Crippen LogP contribution in [0.3, 0.4) is 0 Å². The van der Waals surface area contributed by atoms with Crippen LogP contribution in [0, 0.1) is 11.8 Å². The van der Waals surface area contributed by atoms with Gasteiger partial charge in [0.15, 0.2) is 11.4 Å². The summed E-state index contributed by atoms with van der Waals surface area (Å²) in [5, 5.41) is 12.9. The number of fused-ring (bicyclic) bond motifs is 1. The molecule has 6 nitrogen and oxygen atoms in total. The van der Waals surface area contributed by atoms with Crippen molar-refractivity contribution in [2.45, 2.75) is 12.5 Å². The third-order valence-corrected chi connectivity index (χ3v) is 4.95. The van der Waals surface area contributed by atoms with E-state index in [9.17, 15) is 5.11 Å². The normalized spacial score (nSPS) is 13.0. The van der Waals surface area contributed by atoms with E-state index >= 15 is 0 Å². The van der Waals surface area contributed by atoms with Crippen molar-refractivity contribution in [3.05, 3.63) is 64.9 Å². The number of nitrogen functional groups attached to an aromatic ring is 1. The lowest BCUT2D eigenvalue weighted by molar-refractivity contribution is 0.122. The third kappa shape index (κ3) is 3.49. The molecule has 0 fully saturated rings. The number of hydrogen-bond donors (Lipinski definition) is 2. The fourth-order valence-corrected chi connectivity index (χ4v) is 3.24. The molecule has 0 saturated carbocycles. The van der Waals surface area contributed by atoms with Crippen LogP contribution in [0.15, 0.2) is 54.3 Å². The molecule has 0 radical (unpaired) electrons. The number of thiazole rings is 1. The lowest BCUT2D eigenvalue weighted by Crippen LogP contribution is -2.17. The Kier molecular flexibility index (Phi) is 4.28. The van der Waals surface area contributed by atoms with Gasteiger partial charge in [0.2, 0.25) is 0 Å². The van der Waals surface area contributed by atoms with E-state index in [-0.39, 0.29) is 0 Å². The second-order valence-electron chi connectivity index (χ2n) is 6.06. The molecule has 0 spiro atoms. The van der Waals surface area contributed by atoms with Crippen molar-refractivity contribution in [2.24, 2.45) is 0 Å². The average Bonchev–Trinajstić information content (AvgIpc) is 3.23. The van der Waals surface area contributed by atoms with Crippen LogP contribution in [-0.2, 0) is 5.60 Å². The van der Waals surface area contributed by atoms with E-state index in [0.717, 1.165) is 16.8 Å². The van der Waals surface area contributed by atoms with Gasteiger partial charge >= 0.3 is 0 Å². The van der Waals surface area contributed by atoms with E-state index in [1.54, 1.807) is 13.1 Å². The van der Waals surface area contributed by atoms with Gasteiger partial charge in [0.05, 0.1) is 11.2 Å². The molecule has 27 heavy (non-hydrogen) atoms. The van der Waals surface area contributed by atoms with E-state index in [4.69, 9.17) is 5.73 Å². The summed E-state index contributed by atoms with van der Waals surface area (Å²) in [5.41, 5.74) is 8.28. The van der Waals surface area contributed by atoms with Crippen molar-refractivity contribution < 1.29 is 5.11 Å². The Bertz CT molecular complexity index is 1180. The highest BCUT2D eigenvalue weighted by molar-refractivity contribution is 7.09. The molecule has 132 valence electrons. The first kappa shape index (κ1) is 17.1. The van der Waals surface area contributed by atoms with Gasteiger partial charge in [-0.1, -0.05) is 24.0 Å². The number of rotatable bonds is 2. The van der Waals surface area contributed by atoms with Gasteiger partial charge in [0, 0.05) is 22.7 Å². The molecule has 0 aliphatic carbocycles. The van der Waals surface area contributed by atoms with Gasteiger partial charge < -0.3 is 10.8 Å². The second kappa shape index (κ2) is 6.76. The summed E-state index contributed by atoms with van der Waals surface area (Å²) >= 11 is 1.37. The number of pyridine rings is 1. The highest BCUT2D eigenvalue weighted by atomic mass is 32.1. The molecular weight excluding hydrogens is 358 g/mol. The lowest BCUT2D eigenvalue weighted by atomic mass is 10.1. The van der Waals surface area contributed by atoms with Crippen molar-refractivity contribution >= 4 is 28.2 Å². The molecule has 0 saturated heterocycles. The summed E-state index contributed by atoms with van der Waals surface area (Å²) in [6.07, 6.45) is 3.07. The van der Waals surface area contributed by atoms with E-state index < -0.39 is 5.60 Å². The van der Waals surface area contributed by atoms with Gasteiger partial charge in [0.25, 0.3) is 0 Å². The zero-order valence-electron chi connectivity index (χ0n) is 14.4. The SMILES string of the molecule is C[C@@](O)(C#Cc1cccc(-c2ccc3ncnc(N)c3n2)c1)c1nccs1. The van der Waals surface area contributed by atoms with Crippen molar-refractivity contribution in [1.82, 2.24) is 19.9 Å². The summed E-state index contributed by atoms with van der Waals surface area (Å²) in [6.45, 7) is 1.64. The molecule has 1 atom stereocenters. The summed E-state index contributed by atoms with van der Waals surface area (Å²) in [4.78, 5) is 16.9. The number of anilines is 1. The van der Waals surface area contributed by atoms with Crippen LogP contribution in [0.4, 0.5) is 5.82 Å². The Morgan fingerprint density at radius 1 is 1.15 bits per heavy atom. The lowest BCUT2D eigenvalue weighted by Gasteiger charge is -2.12. The third-order valence-electron chi connectivity index (χ3n) is 3.97. The minimum atomic E-state index is -1.29. The van der Waals surface area contributed by atoms with Gasteiger partial charge in [-0.3, -0.25) is 0 Å². The average molecular weight is 373 g/mol. The minimum absolute atomic E-state index is 0.345. The maximum absolute atomic E-state index is 10.5.